The second-order valence-corrected chi connectivity index (χ2v) is 6.37. The Labute approximate surface area is 115 Å². The zero-order valence-electron chi connectivity index (χ0n) is 9.87. The number of nitro benzene ring substituents is 1. The van der Waals surface area contributed by atoms with Gasteiger partial charge in [-0.15, -0.1) is 0 Å². The van der Waals surface area contributed by atoms with Crippen molar-refractivity contribution >= 4 is 27.3 Å². The topological polar surface area (TPSA) is 92.5 Å². The molecule has 0 radical (unpaired) electrons. The van der Waals surface area contributed by atoms with Crippen LogP contribution in [0.15, 0.2) is 23.1 Å². The first-order chi connectivity index (χ1) is 8.93. The summed E-state index contributed by atoms with van der Waals surface area (Å²) >= 11 is 5.75. The monoisotopic (exact) mass is 305 g/mol. The molecule has 7 nitrogen and oxygen atoms in total. The number of piperazine rings is 1. The first-order valence-corrected chi connectivity index (χ1v) is 7.39. The predicted molar refractivity (Wildman–Crippen MR) is 69.7 cm³/mol. The fraction of sp³-hybridized carbons (Fsp3) is 0.400. The number of hydrogen-bond acceptors (Lipinski definition) is 5. The summed E-state index contributed by atoms with van der Waals surface area (Å²) in [4.78, 5) is 9.86. The lowest BCUT2D eigenvalue weighted by Gasteiger charge is -2.26. The highest BCUT2D eigenvalue weighted by Crippen LogP contribution is 2.29. The summed E-state index contributed by atoms with van der Waals surface area (Å²) in [6.45, 7) is 1.61. The van der Waals surface area contributed by atoms with Crippen molar-refractivity contribution in [3.05, 3.63) is 33.3 Å². The molecule has 1 saturated heterocycles. The second kappa shape index (κ2) is 5.41. The highest BCUT2D eigenvalue weighted by Gasteiger charge is 2.32. The minimum absolute atomic E-state index is 0.152. The van der Waals surface area contributed by atoms with Crippen LogP contribution in [0.4, 0.5) is 5.69 Å². The molecule has 19 heavy (non-hydrogen) atoms. The van der Waals surface area contributed by atoms with Gasteiger partial charge in [0.1, 0.15) is 0 Å². The number of rotatable bonds is 3. The predicted octanol–water partition coefficient (Wildman–Crippen LogP) is 0.842. The molecule has 0 bridgehead atoms. The van der Waals surface area contributed by atoms with Crippen molar-refractivity contribution in [3.8, 4) is 0 Å². The normalized spacial score (nSPS) is 17.3. The van der Waals surface area contributed by atoms with Crippen molar-refractivity contribution in [2.24, 2.45) is 0 Å². The Bertz CT molecular complexity index is 599. The maximum atomic E-state index is 12.4. The summed E-state index contributed by atoms with van der Waals surface area (Å²) in [5, 5.41) is 14.1. The van der Waals surface area contributed by atoms with E-state index in [9.17, 15) is 18.5 Å². The Morgan fingerprint density at radius 1 is 1.32 bits per heavy atom. The lowest BCUT2D eigenvalue weighted by atomic mass is 10.3. The van der Waals surface area contributed by atoms with E-state index in [2.05, 4.69) is 5.32 Å². The number of hydrogen-bond donors (Lipinski definition) is 1. The number of nitrogens with zero attached hydrogens (tertiary/aromatic N) is 2. The Balaban J connectivity index is 2.49. The van der Waals surface area contributed by atoms with Gasteiger partial charge in [0, 0.05) is 37.3 Å². The summed E-state index contributed by atoms with van der Waals surface area (Å²) in [6, 6.07) is 3.53. The molecule has 1 N–H and O–H groups in total. The maximum absolute atomic E-state index is 12.4. The van der Waals surface area contributed by atoms with Crippen molar-refractivity contribution in [1.29, 1.82) is 0 Å². The van der Waals surface area contributed by atoms with E-state index < -0.39 is 20.6 Å². The molecular formula is C10H12ClN3O4S. The molecule has 2 rings (SSSR count). The minimum atomic E-state index is -3.89. The second-order valence-electron chi connectivity index (χ2n) is 4.02. The van der Waals surface area contributed by atoms with Gasteiger partial charge in [0.2, 0.25) is 10.0 Å². The molecule has 0 aliphatic carbocycles. The molecule has 1 aromatic carbocycles. The van der Waals surface area contributed by atoms with Crippen molar-refractivity contribution in [2.45, 2.75) is 4.90 Å². The smallest absolute Gasteiger partial charge is 0.289 e. The Hall–Kier alpha value is -1.22. The number of nitro groups is 1. The fourth-order valence-electron chi connectivity index (χ4n) is 1.87. The van der Waals surface area contributed by atoms with Crippen LogP contribution >= 0.6 is 11.6 Å². The van der Waals surface area contributed by atoms with E-state index in [1.807, 2.05) is 0 Å². The first-order valence-electron chi connectivity index (χ1n) is 5.58. The summed E-state index contributed by atoms with van der Waals surface area (Å²) in [7, 11) is -3.89. The van der Waals surface area contributed by atoms with Crippen LogP contribution in [0, 0.1) is 10.1 Å². The molecule has 0 saturated carbocycles. The molecule has 0 atom stereocenters. The maximum Gasteiger partial charge on any atom is 0.289 e. The molecule has 0 unspecified atom stereocenters. The molecular weight excluding hydrogens is 294 g/mol. The van der Waals surface area contributed by atoms with Gasteiger partial charge in [-0.3, -0.25) is 10.1 Å². The lowest BCUT2D eigenvalue weighted by Crippen LogP contribution is -2.46. The summed E-state index contributed by atoms with van der Waals surface area (Å²) < 4.78 is 26.0. The van der Waals surface area contributed by atoms with Gasteiger partial charge in [-0.1, -0.05) is 11.6 Å². The zero-order valence-corrected chi connectivity index (χ0v) is 11.4. The quantitative estimate of drug-likeness (QED) is 0.660. The van der Waals surface area contributed by atoms with Crippen LogP contribution in [0.1, 0.15) is 0 Å². The lowest BCUT2D eigenvalue weighted by molar-refractivity contribution is -0.387. The Morgan fingerprint density at radius 3 is 2.53 bits per heavy atom. The van der Waals surface area contributed by atoms with Gasteiger partial charge in [-0.05, 0) is 12.1 Å². The van der Waals surface area contributed by atoms with Gasteiger partial charge >= 0.3 is 0 Å². The van der Waals surface area contributed by atoms with Gasteiger partial charge in [-0.2, -0.15) is 4.31 Å². The number of nitrogens with one attached hydrogen (secondary N) is 1. The van der Waals surface area contributed by atoms with Gasteiger partial charge in [0.05, 0.1) is 4.92 Å². The highest BCUT2D eigenvalue weighted by molar-refractivity contribution is 7.89. The standard InChI is InChI=1S/C10H12ClN3O4S/c11-8-1-2-9(14(15)16)10(7-8)19(17,18)13-5-3-12-4-6-13/h1-2,7,12H,3-6H2. The van der Waals surface area contributed by atoms with Crippen LogP contribution in [0.5, 0.6) is 0 Å². The molecule has 0 aromatic heterocycles. The third-order valence-electron chi connectivity index (χ3n) is 2.81. The van der Waals surface area contributed by atoms with E-state index in [1.165, 1.54) is 10.4 Å². The van der Waals surface area contributed by atoms with Crippen LogP contribution in [-0.2, 0) is 10.0 Å². The number of sulfonamides is 1. The number of benzene rings is 1. The summed E-state index contributed by atoms with van der Waals surface area (Å²) in [6.07, 6.45) is 0. The average Bonchev–Trinajstić information content (AvgIpc) is 2.39. The van der Waals surface area contributed by atoms with E-state index in [-0.39, 0.29) is 23.0 Å². The van der Waals surface area contributed by atoms with E-state index in [1.54, 1.807) is 0 Å². The molecule has 0 spiro atoms. The molecule has 1 aromatic rings. The molecule has 0 amide bonds. The van der Waals surface area contributed by atoms with E-state index >= 15 is 0 Å². The third-order valence-corrected chi connectivity index (χ3v) is 4.98. The average molecular weight is 306 g/mol. The van der Waals surface area contributed by atoms with Crippen molar-refractivity contribution in [2.75, 3.05) is 26.2 Å². The van der Waals surface area contributed by atoms with Crippen LogP contribution in [-0.4, -0.2) is 43.8 Å². The largest absolute Gasteiger partial charge is 0.314 e. The Morgan fingerprint density at radius 2 is 1.95 bits per heavy atom. The zero-order chi connectivity index (χ0) is 14.0. The first kappa shape index (κ1) is 14.2. The van der Waals surface area contributed by atoms with Gasteiger partial charge < -0.3 is 5.32 Å². The van der Waals surface area contributed by atoms with Gasteiger partial charge in [0.25, 0.3) is 5.69 Å². The molecule has 9 heteroatoms. The van der Waals surface area contributed by atoms with E-state index in [0.29, 0.717) is 13.1 Å². The van der Waals surface area contributed by atoms with Gasteiger partial charge in [0.15, 0.2) is 4.90 Å². The van der Waals surface area contributed by atoms with Crippen molar-refractivity contribution in [1.82, 2.24) is 9.62 Å². The summed E-state index contributed by atoms with van der Waals surface area (Å²) in [5.41, 5.74) is -0.456. The van der Waals surface area contributed by atoms with Crippen LogP contribution in [0.2, 0.25) is 5.02 Å². The molecule has 1 aliphatic rings. The van der Waals surface area contributed by atoms with Crippen LogP contribution < -0.4 is 5.32 Å². The highest BCUT2D eigenvalue weighted by atomic mass is 35.5. The minimum Gasteiger partial charge on any atom is -0.314 e. The Kier molecular flexibility index (Phi) is 4.04. The molecule has 1 aliphatic heterocycles. The molecule has 1 fully saturated rings. The fourth-order valence-corrected chi connectivity index (χ4v) is 3.73. The van der Waals surface area contributed by atoms with Crippen LogP contribution in [0.25, 0.3) is 0 Å². The SMILES string of the molecule is O=[N+]([O-])c1ccc(Cl)cc1S(=O)(=O)N1CCNCC1. The van der Waals surface area contributed by atoms with E-state index in [4.69, 9.17) is 11.6 Å². The van der Waals surface area contributed by atoms with Crippen molar-refractivity contribution in [3.63, 3.8) is 0 Å². The van der Waals surface area contributed by atoms with Crippen molar-refractivity contribution < 1.29 is 13.3 Å². The van der Waals surface area contributed by atoms with Crippen LogP contribution in [0.3, 0.4) is 0 Å². The summed E-state index contributed by atoms with van der Waals surface area (Å²) in [5.74, 6) is 0. The van der Waals surface area contributed by atoms with Gasteiger partial charge in [-0.25, -0.2) is 8.42 Å². The molecule has 104 valence electrons. The third kappa shape index (κ3) is 2.86. The molecule has 1 heterocycles. The van der Waals surface area contributed by atoms with E-state index in [0.717, 1.165) is 12.1 Å². The number of halogens is 1.